The highest BCUT2D eigenvalue weighted by atomic mass is 35.5. The van der Waals surface area contributed by atoms with Crippen molar-refractivity contribution in [2.75, 3.05) is 17.7 Å². The molecule has 218 valence electrons. The van der Waals surface area contributed by atoms with Gasteiger partial charge in [-0.3, -0.25) is 14.9 Å². The van der Waals surface area contributed by atoms with Crippen molar-refractivity contribution in [1.82, 2.24) is 24.8 Å². The molecule has 2 atom stereocenters. The largest absolute Gasteiger partial charge is 0.453 e. The minimum absolute atomic E-state index is 0.0338. The molecule has 0 aliphatic carbocycles. The first-order chi connectivity index (χ1) is 20.2. The van der Waals surface area contributed by atoms with E-state index in [4.69, 9.17) is 11.6 Å². The third kappa shape index (κ3) is 6.44. The number of benzene rings is 2. The molecule has 42 heavy (non-hydrogen) atoms. The Hall–Kier alpha value is -4.71. The molecular formula is C29H29ClFN7O4. The van der Waals surface area contributed by atoms with Crippen LogP contribution in [0.4, 0.5) is 20.6 Å². The lowest BCUT2D eigenvalue weighted by atomic mass is 9.97. The maximum absolute atomic E-state index is 14.5. The minimum atomic E-state index is -0.635. The fourth-order valence-corrected chi connectivity index (χ4v) is 5.01. The summed E-state index contributed by atoms with van der Waals surface area (Å²) in [6.07, 6.45) is 6.10. The molecule has 3 amide bonds. The van der Waals surface area contributed by atoms with Gasteiger partial charge in [0.2, 0.25) is 5.91 Å². The molecule has 3 heterocycles. The number of nitrogens with zero attached hydrogens (tertiary/aromatic N) is 3. The number of hydrogen-bond acceptors (Lipinski definition) is 6. The lowest BCUT2D eigenvalue weighted by Crippen LogP contribution is -2.29. The Morgan fingerprint density at radius 3 is 2.83 bits per heavy atom. The number of nitrogens with one attached hydrogen (secondary N) is 4. The molecule has 0 saturated heterocycles. The van der Waals surface area contributed by atoms with Crippen molar-refractivity contribution in [1.29, 1.82) is 0 Å². The van der Waals surface area contributed by atoms with Crippen LogP contribution in [-0.4, -0.2) is 44.5 Å². The number of aromatic nitrogens is 4. The number of fused-ring (bicyclic) bond motifs is 4. The summed E-state index contributed by atoms with van der Waals surface area (Å²) in [5.41, 5.74) is 2.46. The number of carbonyl (C=O) groups is 3. The van der Waals surface area contributed by atoms with Gasteiger partial charge in [0.05, 0.1) is 41.4 Å². The van der Waals surface area contributed by atoms with E-state index in [2.05, 4.69) is 35.6 Å². The first kappa shape index (κ1) is 28.8. The Morgan fingerprint density at radius 1 is 1.19 bits per heavy atom. The second kappa shape index (κ2) is 12.4. The van der Waals surface area contributed by atoms with Gasteiger partial charge in [-0.1, -0.05) is 37.4 Å². The van der Waals surface area contributed by atoms with Crippen molar-refractivity contribution < 1.29 is 23.5 Å². The standard InChI is InChI=1S/C29H29ClFN7O4/c1-16-5-3-7-20(37-28(40)23-14-38(15-33-23)24-8-4-6-19(30)26(24)31)27-32-13-22(36-27)18-10-9-17(34-29(41)42-2)12-21(18)35-25(39)11-16/h4,6,8-10,12-16,20H,3,5,7,11H2,1-2H3,(H,32,36)(H,34,41)(H,35,39)(H,37,40). The molecule has 0 spiro atoms. The summed E-state index contributed by atoms with van der Waals surface area (Å²) in [6.45, 7) is 2.00. The first-order valence-electron chi connectivity index (χ1n) is 13.3. The number of imidazole rings is 2. The zero-order chi connectivity index (χ0) is 29.8. The highest BCUT2D eigenvalue weighted by molar-refractivity contribution is 6.30. The summed E-state index contributed by atoms with van der Waals surface area (Å²) in [5, 5.41) is 8.52. The van der Waals surface area contributed by atoms with Crippen LogP contribution in [0.3, 0.4) is 0 Å². The molecule has 2 aromatic heterocycles. The summed E-state index contributed by atoms with van der Waals surface area (Å²) in [4.78, 5) is 49.9. The van der Waals surface area contributed by atoms with Crippen LogP contribution in [0, 0.1) is 11.7 Å². The van der Waals surface area contributed by atoms with Gasteiger partial charge in [-0.25, -0.2) is 19.2 Å². The predicted molar refractivity (Wildman–Crippen MR) is 155 cm³/mol. The van der Waals surface area contributed by atoms with Gasteiger partial charge in [0.15, 0.2) is 5.82 Å². The van der Waals surface area contributed by atoms with Gasteiger partial charge in [0, 0.05) is 23.9 Å². The van der Waals surface area contributed by atoms with E-state index in [0.29, 0.717) is 41.3 Å². The van der Waals surface area contributed by atoms with E-state index in [1.54, 1.807) is 30.5 Å². The number of aromatic amines is 1. The molecule has 2 unspecified atom stereocenters. The fraction of sp³-hybridized carbons (Fsp3) is 0.276. The lowest BCUT2D eigenvalue weighted by Gasteiger charge is -2.17. The van der Waals surface area contributed by atoms with Crippen LogP contribution < -0.4 is 16.0 Å². The third-order valence-corrected chi connectivity index (χ3v) is 7.29. The second-order valence-electron chi connectivity index (χ2n) is 10.1. The summed E-state index contributed by atoms with van der Waals surface area (Å²) in [7, 11) is 1.27. The normalized spacial score (nSPS) is 17.1. The number of rotatable bonds is 4. The van der Waals surface area contributed by atoms with Crippen molar-refractivity contribution in [2.24, 2.45) is 5.92 Å². The number of carbonyl (C=O) groups excluding carboxylic acids is 3. The Bertz CT molecular complexity index is 1640. The van der Waals surface area contributed by atoms with Crippen LogP contribution in [0.15, 0.2) is 55.1 Å². The van der Waals surface area contributed by atoms with E-state index in [9.17, 15) is 18.8 Å². The second-order valence-corrected chi connectivity index (χ2v) is 10.5. The van der Waals surface area contributed by atoms with Crippen molar-refractivity contribution in [3.8, 4) is 16.9 Å². The SMILES string of the molecule is COC(=O)Nc1ccc2c(c1)NC(=O)CC(C)CCCC(NC(=O)c1cn(-c3cccc(Cl)c3F)cn1)c1ncc-2[nH]1. The van der Waals surface area contributed by atoms with Gasteiger partial charge < -0.3 is 24.9 Å². The molecule has 1 aliphatic heterocycles. The van der Waals surface area contributed by atoms with Gasteiger partial charge in [-0.15, -0.1) is 0 Å². The monoisotopic (exact) mass is 593 g/mol. The number of H-pyrrole nitrogens is 1. The van der Waals surface area contributed by atoms with E-state index >= 15 is 0 Å². The van der Waals surface area contributed by atoms with Crippen molar-refractivity contribution in [2.45, 2.75) is 38.6 Å². The van der Waals surface area contributed by atoms with Gasteiger partial charge in [0.1, 0.15) is 17.8 Å². The van der Waals surface area contributed by atoms with E-state index in [1.807, 2.05) is 6.92 Å². The smallest absolute Gasteiger partial charge is 0.411 e. The Kier molecular flexibility index (Phi) is 8.53. The molecule has 11 nitrogen and oxygen atoms in total. The maximum Gasteiger partial charge on any atom is 0.411 e. The molecule has 0 fully saturated rings. The zero-order valence-electron chi connectivity index (χ0n) is 22.9. The molecule has 5 rings (SSSR count). The van der Waals surface area contributed by atoms with Crippen molar-refractivity contribution >= 4 is 40.9 Å². The highest BCUT2D eigenvalue weighted by Crippen LogP contribution is 2.32. The van der Waals surface area contributed by atoms with Crippen LogP contribution in [0.2, 0.25) is 5.02 Å². The zero-order valence-corrected chi connectivity index (χ0v) is 23.7. The number of ether oxygens (including phenoxy) is 1. The molecule has 1 aliphatic rings. The fourth-order valence-electron chi connectivity index (χ4n) is 4.84. The molecule has 0 saturated carbocycles. The quantitative estimate of drug-likeness (QED) is 0.234. The summed E-state index contributed by atoms with van der Waals surface area (Å²) >= 11 is 5.91. The summed E-state index contributed by atoms with van der Waals surface area (Å²) < 4.78 is 20.6. The van der Waals surface area contributed by atoms with Gasteiger partial charge in [-0.05, 0) is 42.7 Å². The van der Waals surface area contributed by atoms with Crippen LogP contribution in [0.1, 0.15) is 55.0 Å². The Morgan fingerprint density at radius 2 is 2.02 bits per heavy atom. The first-order valence-corrected chi connectivity index (χ1v) is 13.7. The van der Waals surface area contributed by atoms with Crippen molar-refractivity contribution in [3.05, 3.63) is 77.5 Å². The van der Waals surface area contributed by atoms with Gasteiger partial charge in [0.25, 0.3) is 5.91 Å². The minimum Gasteiger partial charge on any atom is -0.453 e. The Balaban J connectivity index is 1.42. The molecule has 4 aromatic rings. The number of amides is 3. The Labute approximate surface area is 245 Å². The molecule has 0 radical (unpaired) electrons. The molecule has 13 heteroatoms. The molecule has 2 bridgehead atoms. The van der Waals surface area contributed by atoms with E-state index in [0.717, 1.165) is 12.8 Å². The van der Waals surface area contributed by atoms with Crippen LogP contribution in [-0.2, 0) is 9.53 Å². The van der Waals surface area contributed by atoms with E-state index in [-0.39, 0.29) is 28.2 Å². The maximum atomic E-state index is 14.5. The summed E-state index contributed by atoms with van der Waals surface area (Å²) in [6, 6.07) is 9.18. The van der Waals surface area contributed by atoms with Crippen LogP contribution in [0.5, 0.6) is 0 Å². The van der Waals surface area contributed by atoms with Gasteiger partial charge >= 0.3 is 6.09 Å². The predicted octanol–water partition coefficient (Wildman–Crippen LogP) is 5.85. The van der Waals surface area contributed by atoms with E-state index in [1.165, 1.54) is 36.3 Å². The number of hydrogen-bond donors (Lipinski definition) is 4. The third-order valence-electron chi connectivity index (χ3n) is 6.99. The molecule has 4 N–H and O–H groups in total. The molecule has 2 aromatic carbocycles. The number of halogens is 2. The lowest BCUT2D eigenvalue weighted by molar-refractivity contribution is -0.117. The van der Waals surface area contributed by atoms with Gasteiger partial charge in [-0.2, -0.15) is 0 Å². The highest BCUT2D eigenvalue weighted by Gasteiger charge is 2.23. The topological polar surface area (TPSA) is 143 Å². The van der Waals surface area contributed by atoms with E-state index < -0.39 is 23.9 Å². The van der Waals surface area contributed by atoms with Crippen molar-refractivity contribution in [3.63, 3.8) is 0 Å². The van der Waals surface area contributed by atoms with Crippen LogP contribution in [0.25, 0.3) is 16.9 Å². The average Bonchev–Trinajstić information content (AvgIpc) is 3.64. The number of anilines is 2. The average molecular weight is 594 g/mol. The number of methoxy groups -OCH3 is 1. The van der Waals surface area contributed by atoms with Crippen LogP contribution >= 0.6 is 11.6 Å². The summed E-state index contributed by atoms with van der Waals surface area (Å²) in [5.74, 6) is -0.615. The molecular weight excluding hydrogens is 565 g/mol.